The Balaban J connectivity index is 0.000000559. The summed E-state index contributed by atoms with van der Waals surface area (Å²) in [7, 11) is -4.10. The second-order valence-corrected chi connectivity index (χ2v) is 10.7. The van der Waals surface area contributed by atoms with Gasteiger partial charge in [-0.05, 0) is 67.1 Å². The van der Waals surface area contributed by atoms with Crippen LogP contribution in [0.15, 0.2) is 77.7 Å². The van der Waals surface area contributed by atoms with Crippen molar-refractivity contribution in [1.82, 2.24) is 0 Å². The fraction of sp³-hybridized carbons (Fsp3) is 0.259. The van der Waals surface area contributed by atoms with E-state index in [1.165, 1.54) is 29.8 Å². The van der Waals surface area contributed by atoms with E-state index in [4.69, 9.17) is 9.90 Å². The highest BCUT2D eigenvalue weighted by Crippen LogP contribution is 2.33. The standard InChI is InChI=1S/C25H25FN2O4S.C2HF3O2/c26-21-7-4-8-22(17-21)33(31,32)27-23-16-20(25(29)30)9-10-24(23)28-13-11-19(12-14-28)15-18-5-2-1-3-6-18;3-2(4,5)1(6)7/h1-10,16-17,19,27H,11-15H2,(H,29,30);(H,6,7). The van der Waals surface area contributed by atoms with E-state index in [1.54, 1.807) is 6.07 Å². The highest BCUT2D eigenvalue weighted by Gasteiger charge is 2.38. The molecule has 1 fully saturated rings. The van der Waals surface area contributed by atoms with Gasteiger partial charge in [-0.15, -0.1) is 0 Å². The third-order valence-corrected chi connectivity index (χ3v) is 7.52. The van der Waals surface area contributed by atoms with Crippen molar-refractivity contribution >= 4 is 33.3 Å². The molecular formula is C27H26F4N2O6S. The summed E-state index contributed by atoms with van der Waals surface area (Å²) in [6, 6.07) is 19.4. The van der Waals surface area contributed by atoms with Crippen molar-refractivity contribution in [3.63, 3.8) is 0 Å². The lowest BCUT2D eigenvalue weighted by molar-refractivity contribution is -0.192. The van der Waals surface area contributed by atoms with Gasteiger partial charge in [0.2, 0.25) is 0 Å². The zero-order chi connectivity index (χ0) is 29.5. The third kappa shape index (κ3) is 8.43. The maximum absolute atomic E-state index is 13.6. The van der Waals surface area contributed by atoms with Crippen LogP contribution < -0.4 is 9.62 Å². The molecule has 0 amide bonds. The van der Waals surface area contributed by atoms with E-state index in [0.29, 0.717) is 11.6 Å². The first-order valence-corrected chi connectivity index (χ1v) is 13.5. The van der Waals surface area contributed by atoms with Crippen molar-refractivity contribution in [2.75, 3.05) is 22.7 Å². The van der Waals surface area contributed by atoms with Gasteiger partial charge in [-0.3, -0.25) is 4.72 Å². The molecule has 13 heteroatoms. The van der Waals surface area contributed by atoms with Gasteiger partial charge in [0.15, 0.2) is 0 Å². The fourth-order valence-corrected chi connectivity index (χ4v) is 5.29. The van der Waals surface area contributed by atoms with Crippen LogP contribution in [0.2, 0.25) is 0 Å². The lowest BCUT2D eigenvalue weighted by Crippen LogP contribution is -2.35. The molecule has 0 radical (unpaired) electrons. The molecule has 3 aromatic carbocycles. The van der Waals surface area contributed by atoms with Gasteiger partial charge in [0, 0.05) is 13.1 Å². The van der Waals surface area contributed by atoms with Crippen LogP contribution in [-0.2, 0) is 21.2 Å². The molecule has 8 nitrogen and oxygen atoms in total. The predicted molar refractivity (Wildman–Crippen MR) is 139 cm³/mol. The molecule has 0 unspecified atom stereocenters. The Morgan fingerprint density at radius 1 is 0.925 bits per heavy atom. The minimum Gasteiger partial charge on any atom is -0.478 e. The highest BCUT2D eigenvalue weighted by atomic mass is 32.2. The third-order valence-electron chi connectivity index (χ3n) is 6.16. The van der Waals surface area contributed by atoms with Crippen LogP contribution in [0.25, 0.3) is 0 Å². The summed E-state index contributed by atoms with van der Waals surface area (Å²) >= 11 is 0. The summed E-state index contributed by atoms with van der Waals surface area (Å²) in [5.74, 6) is -4.06. The Kier molecular flexibility index (Phi) is 9.74. The van der Waals surface area contributed by atoms with Crippen molar-refractivity contribution in [3.8, 4) is 0 Å². The van der Waals surface area contributed by atoms with Gasteiger partial charge in [-0.25, -0.2) is 22.4 Å². The van der Waals surface area contributed by atoms with E-state index >= 15 is 0 Å². The number of nitrogens with one attached hydrogen (secondary N) is 1. The van der Waals surface area contributed by atoms with E-state index in [2.05, 4.69) is 21.8 Å². The Hall–Kier alpha value is -4.13. The van der Waals surface area contributed by atoms with Crippen molar-refractivity contribution in [2.24, 2.45) is 5.92 Å². The van der Waals surface area contributed by atoms with Crippen LogP contribution in [0.4, 0.5) is 28.9 Å². The van der Waals surface area contributed by atoms with Crippen molar-refractivity contribution in [2.45, 2.75) is 30.3 Å². The fourth-order valence-electron chi connectivity index (χ4n) is 4.19. The molecule has 1 aliphatic heterocycles. The SMILES string of the molecule is O=C(O)C(F)(F)F.O=C(O)c1ccc(N2CCC(Cc3ccccc3)CC2)c(NS(=O)(=O)c2cccc(F)c2)c1. The number of carboxylic acid groups (broad SMARTS) is 2. The summed E-state index contributed by atoms with van der Waals surface area (Å²) in [5.41, 5.74) is 2.04. The number of anilines is 2. The minimum absolute atomic E-state index is 0.0327. The Bertz CT molecular complexity index is 1440. The maximum Gasteiger partial charge on any atom is 0.490 e. The first-order chi connectivity index (χ1) is 18.8. The average molecular weight is 583 g/mol. The molecule has 1 heterocycles. The molecular weight excluding hydrogens is 556 g/mol. The van der Waals surface area contributed by atoms with Gasteiger partial charge in [0.1, 0.15) is 5.82 Å². The predicted octanol–water partition coefficient (Wildman–Crippen LogP) is 5.42. The maximum atomic E-state index is 13.6. The molecule has 0 aliphatic carbocycles. The molecule has 0 saturated carbocycles. The molecule has 0 aromatic heterocycles. The number of aliphatic carboxylic acids is 1. The minimum atomic E-state index is -5.08. The molecule has 3 aromatic rings. The number of aromatic carboxylic acids is 1. The Morgan fingerprint density at radius 2 is 1.55 bits per heavy atom. The number of hydrogen-bond acceptors (Lipinski definition) is 5. The molecule has 4 rings (SSSR count). The van der Waals surface area contributed by atoms with E-state index in [1.807, 2.05) is 18.2 Å². The number of hydrogen-bond donors (Lipinski definition) is 3. The van der Waals surface area contributed by atoms with Crippen molar-refractivity contribution in [1.29, 1.82) is 0 Å². The molecule has 0 atom stereocenters. The zero-order valence-electron chi connectivity index (χ0n) is 20.9. The second kappa shape index (κ2) is 12.8. The van der Waals surface area contributed by atoms with Gasteiger partial charge in [0.25, 0.3) is 10.0 Å². The van der Waals surface area contributed by atoms with Gasteiger partial charge in [0.05, 0.1) is 21.8 Å². The number of halogens is 4. The Labute approximate surface area is 227 Å². The molecule has 214 valence electrons. The first-order valence-electron chi connectivity index (χ1n) is 12.0. The van der Waals surface area contributed by atoms with E-state index < -0.39 is 34.0 Å². The van der Waals surface area contributed by atoms with Gasteiger partial charge >= 0.3 is 18.1 Å². The summed E-state index contributed by atoms with van der Waals surface area (Å²) in [4.78, 5) is 22.2. The summed E-state index contributed by atoms with van der Waals surface area (Å²) < 4.78 is 73.6. The van der Waals surface area contributed by atoms with Gasteiger partial charge in [-0.1, -0.05) is 36.4 Å². The molecule has 0 spiro atoms. The van der Waals surface area contributed by atoms with E-state index in [-0.39, 0.29) is 16.1 Å². The van der Waals surface area contributed by atoms with Crippen LogP contribution >= 0.6 is 0 Å². The smallest absolute Gasteiger partial charge is 0.478 e. The molecule has 0 bridgehead atoms. The number of piperidine rings is 1. The number of nitrogens with zero attached hydrogens (tertiary/aromatic N) is 1. The number of rotatable bonds is 7. The largest absolute Gasteiger partial charge is 0.490 e. The quantitative estimate of drug-likeness (QED) is 0.318. The van der Waals surface area contributed by atoms with E-state index in [0.717, 1.165) is 44.5 Å². The highest BCUT2D eigenvalue weighted by molar-refractivity contribution is 7.92. The van der Waals surface area contributed by atoms with Crippen LogP contribution in [0.5, 0.6) is 0 Å². The van der Waals surface area contributed by atoms with Crippen LogP contribution in [-0.4, -0.2) is 49.8 Å². The van der Waals surface area contributed by atoms with Crippen LogP contribution in [0, 0.1) is 11.7 Å². The van der Waals surface area contributed by atoms with Crippen molar-refractivity contribution < 1.29 is 45.8 Å². The normalized spacial score (nSPS) is 14.2. The molecule has 40 heavy (non-hydrogen) atoms. The summed E-state index contributed by atoms with van der Waals surface area (Å²) in [6.45, 7) is 1.44. The number of alkyl halides is 3. The number of benzene rings is 3. The topological polar surface area (TPSA) is 124 Å². The number of sulfonamides is 1. The first kappa shape index (κ1) is 30.4. The zero-order valence-corrected chi connectivity index (χ0v) is 21.8. The molecule has 1 saturated heterocycles. The molecule has 3 N–H and O–H groups in total. The van der Waals surface area contributed by atoms with Gasteiger partial charge in [-0.2, -0.15) is 13.2 Å². The summed E-state index contributed by atoms with van der Waals surface area (Å²) in [5, 5.41) is 16.5. The number of carbonyl (C=O) groups is 2. The molecule has 1 aliphatic rings. The lowest BCUT2D eigenvalue weighted by Gasteiger charge is -2.35. The van der Waals surface area contributed by atoms with Crippen molar-refractivity contribution in [3.05, 3.63) is 89.7 Å². The monoisotopic (exact) mass is 582 g/mol. The Morgan fingerprint density at radius 3 is 2.10 bits per heavy atom. The average Bonchev–Trinajstić information content (AvgIpc) is 2.89. The lowest BCUT2D eigenvalue weighted by atomic mass is 9.90. The van der Waals surface area contributed by atoms with Gasteiger partial charge < -0.3 is 15.1 Å². The second-order valence-electron chi connectivity index (χ2n) is 9.02. The summed E-state index contributed by atoms with van der Waals surface area (Å²) in [6.07, 6.45) is -2.22. The van der Waals surface area contributed by atoms with Crippen LogP contribution in [0.1, 0.15) is 28.8 Å². The number of carboxylic acids is 2. The van der Waals surface area contributed by atoms with E-state index in [9.17, 15) is 35.9 Å². The van der Waals surface area contributed by atoms with Crippen LogP contribution in [0.3, 0.4) is 0 Å².